The summed E-state index contributed by atoms with van der Waals surface area (Å²) in [6.45, 7) is 0.342. The number of phosphoric acid groups is 1. The SMILES string of the molecule is NCCNOP(=O)([O-])[O-].[Mn+2]. The second-order valence-electron chi connectivity index (χ2n) is 1.22. The molecule has 1 radical (unpaired) electrons. The van der Waals surface area contributed by atoms with Crippen molar-refractivity contribution < 1.29 is 36.0 Å². The minimum absolute atomic E-state index is 0. The first kappa shape index (κ1) is 13.2. The Morgan fingerprint density at radius 1 is 1.60 bits per heavy atom. The summed E-state index contributed by atoms with van der Waals surface area (Å²) in [7, 11) is -4.86. The molecule has 0 aromatic carbocycles. The van der Waals surface area contributed by atoms with Crippen molar-refractivity contribution in [2.75, 3.05) is 13.1 Å². The van der Waals surface area contributed by atoms with Crippen molar-refractivity contribution in [2.45, 2.75) is 0 Å². The molecule has 0 spiro atoms. The molecule has 0 saturated carbocycles. The van der Waals surface area contributed by atoms with Gasteiger partial charge in [-0.05, 0) is 0 Å². The summed E-state index contributed by atoms with van der Waals surface area (Å²) in [5.41, 5.74) is 6.78. The molecule has 0 aliphatic rings. The van der Waals surface area contributed by atoms with Crippen molar-refractivity contribution >= 4 is 7.82 Å². The van der Waals surface area contributed by atoms with Gasteiger partial charge in [0.25, 0.3) is 0 Å². The summed E-state index contributed by atoms with van der Waals surface area (Å²) in [5, 5.41) is 0. The summed E-state index contributed by atoms with van der Waals surface area (Å²) >= 11 is 0. The van der Waals surface area contributed by atoms with Crippen LogP contribution in [0.4, 0.5) is 0 Å². The van der Waals surface area contributed by atoms with Gasteiger partial charge in [0, 0.05) is 13.1 Å². The van der Waals surface area contributed by atoms with E-state index in [2.05, 4.69) is 4.62 Å². The van der Waals surface area contributed by atoms with E-state index in [1.165, 1.54) is 0 Å². The molecule has 61 valence electrons. The molecule has 6 nitrogen and oxygen atoms in total. The zero-order valence-electron chi connectivity index (χ0n) is 4.95. The molecule has 0 unspecified atom stereocenters. The van der Waals surface area contributed by atoms with Crippen molar-refractivity contribution in [3.8, 4) is 0 Å². The normalized spacial score (nSPS) is 10.7. The molecule has 0 bridgehead atoms. The molecule has 0 fully saturated rings. The molecule has 0 aliphatic heterocycles. The second kappa shape index (κ2) is 6.27. The van der Waals surface area contributed by atoms with Crippen LogP contribution in [0.1, 0.15) is 0 Å². The van der Waals surface area contributed by atoms with Gasteiger partial charge in [0.15, 0.2) is 0 Å². The second-order valence-corrected chi connectivity index (χ2v) is 2.30. The number of rotatable bonds is 4. The molecule has 0 atom stereocenters. The molecular weight excluding hydrogens is 202 g/mol. The van der Waals surface area contributed by atoms with Crippen molar-refractivity contribution in [3.63, 3.8) is 0 Å². The van der Waals surface area contributed by atoms with Crippen LogP contribution in [0, 0.1) is 0 Å². The van der Waals surface area contributed by atoms with Gasteiger partial charge in [0.1, 0.15) is 0 Å². The zero-order valence-corrected chi connectivity index (χ0v) is 7.02. The van der Waals surface area contributed by atoms with E-state index in [4.69, 9.17) is 5.73 Å². The van der Waals surface area contributed by atoms with E-state index in [0.717, 1.165) is 0 Å². The Kier molecular flexibility index (Phi) is 8.25. The predicted octanol–water partition coefficient (Wildman–Crippen LogP) is -2.71. The van der Waals surface area contributed by atoms with E-state index in [9.17, 15) is 14.4 Å². The maximum Gasteiger partial charge on any atom is 2.00 e. The number of hydroxylamine groups is 1. The number of hydrogen-bond donors (Lipinski definition) is 2. The van der Waals surface area contributed by atoms with E-state index >= 15 is 0 Å². The first-order valence-corrected chi connectivity index (χ1v) is 3.66. The van der Waals surface area contributed by atoms with Gasteiger partial charge < -0.3 is 20.1 Å². The number of nitrogens with two attached hydrogens (primary N) is 1. The van der Waals surface area contributed by atoms with Gasteiger partial charge in [-0.1, -0.05) is 0 Å². The Morgan fingerprint density at radius 3 is 2.40 bits per heavy atom. The van der Waals surface area contributed by atoms with Gasteiger partial charge in [-0.25, -0.2) is 0 Å². The van der Waals surface area contributed by atoms with Gasteiger partial charge in [-0.15, -0.1) is 0 Å². The maximum atomic E-state index is 9.65. The third kappa shape index (κ3) is 11.4. The fraction of sp³-hybridized carbons (Fsp3) is 1.00. The molecule has 0 heterocycles. The maximum absolute atomic E-state index is 9.65. The molecule has 8 heteroatoms. The van der Waals surface area contributed by atoms with Crippen LogP contribution in [0.2, 0.25) is 0 Å². The standard InChI is InChI=1S/C2H9N2O4P.Mn/c3-1-2-4-8-9(5,6)7;/h4H,1-3H2,(H2,5,6,7);/q;+2/p-2. The van der Waals surface area contributed by atoms with Crippen LogP contribution < -0.4 is 21.0 Å². The first-order valence-electron chi connectivity index (χ1n) is 2.20. The van der Waals surface area contributed by atoms with Gasteiger partial charge in [0.05, 0.1) is 7.82 Å². The molecule has 3 N–H and O–H groups in total. The van der Waals surface area contributed by atoms with E-state index in [-0.39, 0.29) is 30.2 Å². The predicted molar refractivity (Wildman–Crippen MR) is 25.7 cm³/mol. The van der Waals surface area contributed by atoms with E-state index in [1.807, 2.05) is 5.48 Å². The van der Waals surface area contributed by atoms with Crippen LogP contribution in [-0.4, -0.2) is 13.1 Å². The van der Waals surface area contributed by atoms with Crippen LogP contribution in [0.5, 0.6) is 0 Å². The molecule has 0 rings (SSSR count). The van der Waals surface area contributed by atoms with Crippen LogP contribution >= 0.6 is 7.82 Å². The van der Waals surface area contributed by atoms with Gasteiger partial charge in [-0.3, -0.25) is 4.62 Å². The van der Waals surface area contributed by atoms with Gasteiger partial charge >= 0.3 is 17.1 Å². The van der Waals surface area contributed by atoms with Gasteiger partial charge in [-0.2, -0.15) is 5.48 Å². The fourth-order valence-electron chi connectivity index (χ4n) is 0.184. The summed E-state index contributed by atoms with van der Waals surface area (Å²) in [4.78, 5) is 19.3. The Bertz CT molecular complexity index is 116. The first-order chi connectivity index (χ1) is 4.06. The monoisotopic (exact) mass is 209 g/mol. The Hall–Kier alpha value is 0.549. The minimum Gasteiger partial charge on any atom is -0.788 e. The van der Waals surface area contributed by atoms with Crippen molar-refractivity contribution in [1.82, 2.24) is 5.48 Å². The van der Waals surface area contributed by atoms with Crippen LogP contribution in [-0.2, 0) is 26.3 Å². The fourth-order valence-corrected chi connectivity index (χ4v) is 0.433. The van der Waals surface area contributed by atoms with Crippen molar-refractivity contribution in [2.24, 2.45) is 5.73 Å². The number of hydrogen-bond acceptors (Lipinski definition) is 6. The smallest absolute Gasteiger partial charge is 0.788 e. The summed E-state index contributed by atoms with van der Waals surface area (Å²) in [6.07, 6.45) is 0. The molecular formula is C2H7MnN2O4P. The minimum atomic E-state index is -4.86. The number of nitrogens with one attached hydrogen (secondary N) is 1. The topological polar surface area (TPSA) is 110 Å². The average Bonchev–Trinajstić information content (AvgIpc) is 1.63. The third-order valence-corrected chi connectivity index (χ3v) is 0.775. The Labute approximate surface area is 68.8 Å². The molecule has 0 aliphatic carbocycles. The molecule has 10 heavy (non-hydrogen) atoms. The summed E-state index contributed by atoms with van der Waals surface area (Å²) in [6, 6.07) is 0. The molecule has 0 aromatic rings. The van der Waals surface area contributed by atoms with Gasteiger partial charge in [0.2, 0.25) is 0 Å². The Balaban J connectivity index is 0. The molecule has 0 saturated heterocycles. The van der Waals surface area contributed by atoms with E-state index < -0.39 is 7.82 Å². The Morgan fingerprint density at radius 2 is 2.10 bits per heavy atom. The summed E-state index contributed by atoms with van der Waals surface area (Å²) < 4.78 is 13.2. The molecule has 0 aromatic heterocycles. The average molecular weight is 209 g/mol. The quantitative estimate of drug-likeness (QED) is 0.225. The summed E-state index contributed by atoms with van der Waals surface area (Å²) in [5.74, 6) is 0. The van der Waals surface area contributed by atoms with Crippen molar-refractivity contribution in [3.05, 3.63) is 0 Å². The van der Waals surface area contributed by atoms with Crippen LogP contribution in [0.3, 0.4) is 0 Å². The van der Waals surface area contributed by atoms with Crippen LogP contribution in [0.15, 0.2) is 0 Å². The van der Waals surface area contributed by atoms with Crippen molar-refractivity contribution in [1.29, 1.82) is 0 Å². The third-order valence-electron chi connectivity index (χ3n) is 0.423. The molecule has 0 amide bonds. The zero-order chi connectivity index (χ0) is 7.33. The van der Waals surface area contributed by atoms with E-state index in [1.54, 1.807) is 0 Å². The largest absolute Gasteiger partial charge is 2.00 e. The van der Waals surface area contributed by atoms with E-state index in [0.29, 0.717) is 0 Å². The van der Waals surface area contributed by atoms with Crippen LogP contribution in [0.25, 0.3) is 0 Å².